The van der Waals surface area contributed by atoms with Crippen LogP contribution in [0.2, 0.25) is 0 Å². The summed E-state index contributed by atoms with van der Waals surface area (Å²) in [6.07, 6.45) is 7.66. The normalized spacial score (nSPS) is 20.0. The SMILES string of the molecule is CC1=CC2c3sc(C=C4C(=O)c5ccccc5C4=O)nc3C(C)=CC2c2sc(C=C3C(=O)c4ccccc4C3=O)nc21. The summed E-state index contributed by atoms with van der Waals surface area (Å²) < 4.78 is 0. The Labute approximate surface area is 248 Å². The lowest BCUT2D eigenvalue weighted by Gasteiger charge is -2.30. The highest BCUT2D eigenvalue weighted by Crippen LogP contribution is 2.53. The predicted octanol–water partition coefficient (Wildman–Crippen LogP) is 7.23. The molecule has 0 aliphatic heterocycles. The van der Waals surface area contributed by atoms with Gasteiger partial charge in [0.2, 0.25) is 0 Å². The second kappa shape index (κ2) is 8.92. The number of aromatic nitrogens is 2. The van der Waals surface area contributed by atoms with Gasteiger partial charge in [-0.25, -0.2) is 9.97 Å². The summed E-state index contributed by atoms with van der Waals surface area (Å²) in [7, 11) is 0. The van der Waals surface area contributed by atoms with Crippen LogP contribution < -0.4 is 0 Å². The molecular weight excluding hydrogens is 565 g/mol. The van der Waals surface area contributed by atoms with E-state index in [0.717, 1.165) is 32.3 Å². The Balaban J connectivity index is 1.16. The topological polar surface area (TPSA) is 94.1 Å². The van der Waals surface area contributed by atoms with Gasteiger partial charge in [-0.05, 0) is 37.1 Å². The molecule has 0 radical (unpaired) electrons. The van der Waals surface area contributed by atoms with E-state index < -0.39 is 0 Å². The zero-order valence-electron chi connectivity index (χ0n) is 22.4. The molecule has 0 saturated carbocycles. The van der Waals surface area contributed by atoms with Crippen LogP contribution in [0.3, 0.4) is 0 Å². The number of thiazole rings is 2. The van der Waals surface area contributed by atoms with Crippen molar-refractivity contribution in [3.8, 4) is 0 Å². The number of fused-ring (bicyclic) bond motifs is 7. The van der Waals surface area contributed by atoms with Gasteiger partial charge in [0, 0.05) is 43.8 Å². The Morgan fingerprint density at radius 3 is 1.24 bits per heavy atom. The average Bonchev–Trinajstić information content (AvgIpc) is 3.73. The smallest absolute Gasteiger partial charge is 0.197 e. The molecule has 2 aromatic carbocycles. The molecule has 4 aromatic rings. The summed E-state index contributed by atoms with van der Waals surface area (Å²) >= 11 is 3.01. The second-order valence-electron chi connectivity index (χ2n) is 10.8. The van der Waals surface area contributed by atoms with Gasteiger partial charge in [-0.15, -0.1) is 22.7 Å². The van der Waals surface area contributed by atoms with Crippen molar-refractivity contribution in [3.05, 3.63) is 125 Å². The van der Waals surface area contributed by atoms with E-state index in [2.05, 4.69) is 12.2 Å². The Morgan fingerprint density at radius 2 is 0.905 bits per heavy atom. The van der Waals surface area contributed by atoms with Crippen molar-refractivity contribution >= 4 is 69.1 Å². The van der Waals surface area contributed by atoms with Crippen LogP contribution in [-0.2, 0) is 0 Å². The molecule has 4 aliphatic carbocycles. The maximum Gasteiger partial charge on any atom is 0.197 e. The third kappa shape index (κ3) is 3.49. The highest BCUT2D eigenvalue weighted by atomic mass is 32.1. The molecule has 2 heterocycles. The number of benzene rings is 2. The van der Waals surface area contributed by atoms with Crippen molar-refractivity contribution in [3.63, 3.8) is 0 Å². The molecule has 42 heavy (non-hydrogen) atoms. The van der Waals surface area contributed by atoms with Crippen LogP contribution in [-0.4, -0.2) is 33.1 Å². The van der Waals surface area contributed by atoms with Crippen LogP contribution in [0.15, 0.2) is 71.8 Å². The number of carbonyl (C=O) groups is 4. The minimum absolute atomic E-state index is 0.0213. The summed E-state index contributed by atoms with van der Waals surface area (Å²) in [5.74, 6) is -1.01. The van der Waals surface area contributed by atoms with Crippen molar-refractivity contribution in [2.45, 2.75) is 25.7 Å². The van der Waals surface area contributed by atoms with Gasteiger partial charge >= 0.3 is 0 Å². The van der Waals surface area contributed by atoms with Gasteiger partial charge in [0.25, 0.3) is 0 Å². The summed E-state index contributed by atoms with van der Waals surface area (Å²) in [4.78, 5) is 63.8. The third-order valence-corrected chi connectivity index (χ3v) is 10.5. The molecule has 0 amide bonds. The van der Waals surface area contributed by atoms with E-state index in [-0.39, 0.29) is 46.1 Å². The number of Topliss-reactive ketones (excluding diaryl/α,β-unsaturated/α-hetero) is 4. The Morgan fingerprint density at radius 1 is 0.571 bits per heavy atom. The van der Waals surface area contributed by atoms with Gasteiger partial charge in [-0.3, -0.25) is 19.2 Å². The minimum atomic E-state index is -0.263. The number of hydrogen-bond acceptors (Lipinski definition) is 8. The van der Waals surface area contributed by atoms with Gasteiger partial charge in [0.15, 0.2) is 23.1 Å². The first kappa shape index (κ1) is 25.1. The molecule has 2 aromatic heterocycles. The standard InChI is InChI=1S/C34H20N2O4S2/c1-15-11-21-22(33-27(15)35-25(41-33)13-23-29(37)17-7-3-4-8-18(17)30(23)38)12-16(2)28-34(21)42-26(36-28)14-24-31(39)19-9-5-6-10-20(19)32(24)40/h3-14,21-22H,1-2H3. The van der Waals surface area contributed by atoms with Gasteiger partial charge < -0.3 is 0 Å². The molecule has 6 nitrogen and oxygen atoms in total. The van der Waals surface area contributed by atoms with Crippen LogP contribution in [0.1, 0.15) is 98.3 Å². The molecule has 202 valence electrons. The summed E-state index contributed by atoms with van der Waals surface area (Å²) in [6, 6.07) is 13.8. The molecule has 8 heteroatoms. The molecule has 0 spiro atoms. The van der Waals surface area contributed by atoms with E-state index in [1.54, 1.807) is 60.7 Å². The Bertz CT molecular complexity index is 1880. The first-order chi connectivity index (χ1) is 20.3. The number of allylic oxidation sites excluding steroid dienone is 6. The Kier molecular flexibility index (Phi) is 5.33. The molecule has 2 atom stereocenters. The fourth-order valence-electron chi connectivity index (χ4n) is 6.27. The number of ketones is 4. The predicted molar refractivity (Wildman–Crippen MR) is 163 cm³/mol. The van der Waals surface area contributed by atoms with Crippen molar-refractivity contribution < 1.29 is 19.2 Å². The average molecular weight is 585 g/mol. The van der Waals surface area contributed by atoms with Crippen LogP contribution in [0, 0.1) is 0 Å². The lowest BCUT2D eigenvalue weighted by molar-refractivity contribution is 0.0975. The molecule has 0 fully saturated rings. The van der Waals surface area contributed by atoms with Gasteiger partial charge in [0.1, 0.15) is 10.0 Å². The van der Waals surface area contributed by atoms with Crippen LogP contribution >= 0.6 is 22.7 Å². The highest BCUT2D eigenvalue weighted by molar-refractivity contribution is 7.13. The molecular formula is C34H20N2O4S2. The van der Waals surface area contributed by atoms with Crippen LogP contribution in [0.5, 0.6) is 0 Å². The quantitative estimate of drug-likeness (QED) is 0.182. The van der Waals surface area contributed by atoms with Crippen molar-refractivity contribution in [2.24, 2.45) is 0 Å². The maximum absolute atomic E-state index is 13.0. The molecule has 8 rings (SSSR count). The monoisotopic (exact) mass is 584 g/mol. The van der Waals surface area contributed by atoms with Crippen LogP contribution in [0.25, 0.3) is 23.3 Å². The van der Waals surface area contributed by atoms with E-state index >= 15 is 0 Å². The molecule has 2 unspecified atom stereocenters. The lowest BCUT2D eigenvalue weighted by atomic mass is 9.77. The van der Waals surface area contributed by atoms with Gasteiger partial charge in [-0.1, -0.05) is 60.7 Å². The van der Waals surface area contributed by atoms with E-state index in [0.29, 0.717) is 32.3 Å². The summed E-state index contributed by atoms with van der Waals surface area (Å²) in [5, 5.41) is 1.25. The first-order valence-corrected chi connectivity index (χ1v) is 15.1. The van der Waals surface area contributed by atoms with Crippen molar-refractivity contribution in [1.82, 2.24) is 9.97 Å². The third-order valence-electron chi connectivity index (χ3n) is 8.29. The maximum atomic E-state index is 13.0. The first-order valence-electron chi connectivity index (χ1n) is 13.5. The fourth-order valence-corrected chi connectivity index (χ4v) is 8.66. The summed E-state index contributed by atoms with van der Waals surface area (Å²) in [6.45, 7) is 4.05. The number of rotatable bonds is 2. The van der Waals surface area contributed by atoms with Crippen molar-refractivity contribution in [2.75, 3.05) is 0 Å². The Hall–Kier alpha value is -4.66. The van der Waals surface area contributed by atoms with E-state index in [1.807, 2.05) is 13.8 Å². The molecule has 0 saturated heterocycles. The zero-order chi connectivity index (χ0) is 28.9. The van der Waals surface area contributed by atoms with Crippen molar-refractivity contribution in [1.29, 1.82) is 0 Å². The summed E-state index contributed by atoms with van der Waals surface area (Å²) in [5.41, 5.74) is 5.83. The molecule has 0 N–H and O–H groups in total. The van der Waals surface area contributed by atoms with E-state index in [1.165, 1.54) is 22.7 Å². The largest absolute Gasteiger partial charge is 0.288 e. The lowest BCUT2D eigenvalue weighted by Crippen LogP contribution is -2.16. The van der Waals surface area contributed by atoms with Gasteiger partial charge in [0.05, 0.1) is 22.5 Å². The number of nitrogens with zero attached hydrogens (tertiary/aromatic N) is 2. The fraction of sp³-hybridized carbons (Fsp3) is 0.118. The highest BCUT2D eigenvalue weighted by Gasteiger charge is 2.39. The van der Waals surface area contributed by atoms with E-state index in [9.17, 15) is 19.2 Å². The van der Waals surface area contributed by atoms with E-state index in [4.69, 9.17) is 9.97 Å². The second-order valence-corrected chi connectivity index (χ2v) is 12.9. The molecule has 0 bridgehead atoms. The van der Waals surface area contributed by atoms with Gasteiger partial charge in [-0.2, -0.15) is 0 Å². The zero-order valence-corrected chi connectivity index (χ0v) is 24.1. The number of hydrogen-bond donors (Lipinski definition) is 0. The minimum Gasteiger partial charge on any atom is -0.288 e. The van der Waals surface area contributed by atoms with Crippen LogP contribution in [0.4, 0.5) is 0 Å². The molecule has 4 aliphatic rings. The number of carbonyl (C=O) groups excluding carboxylic acids is 4.